The lowest BCUT2D eigenvalue weighted by Crippen LogP contribution is -2.43. The second kappa shape index (κ2) is 8.18. The van der Waals surface area contributed by atoms with Crippen molar-refractivity contribution in [2.75, 3.05) is 27.2 Å². The number of hydrogen-bond acceptors (Lipinski definition) is 3. The zero-order chi connectivity index (χ0) is 14.3. The molecule has 0 saturated carbocycles. The summed E-state index contributed by atoms with van der Waals surface area (Å²) in [7, 11) is 3.93. The maximum Gasteiger partial charge on any atom is 0.122 e. The molecule has 1 N–H and O–H groups in total. The van der Waals surface area contributed by atoms with E-state index >= 15 is 0 Å². The second-order valence-electron chi connectivity index (χ2n) is 5.19. The number of hydrogen-bond donors (Lipinski definition) is 1. The Hall–Kier alpha value is -1.06. The van der Waals surface area contributed by atoms with Crippen LogP contribution in [0.5, 0.6) is 5.75 Å². The van der Waals surface area contributed by atoms with Gasteiger partial charge in [0.15, 0.2) is 0 Å². The van der Waals surface area contributed by atoms with E-state index in [2.05, 4.69) is 50.2 Å². The molecule has 3 nitrogen and oxygen atoms in total. The first-order valence-corrected chi connectivity index (χ1v) is 7.14. The van der Waals surface area contributed by atoms with Gasteiger partial charge in [0.1, 0.15) is 5.75 Å². The smallest absolute Gasteiger partial charge is 0.122 e. The topological polar surface area (TPSA) is 24.5 Å². The third-order valence-electron chi connectivity index (χ3n) is 3.79. The summed E-state index contributed by atoms with van der Waals surface area (Å²) in [5, 5.41) is 3.40. The van der Waals surface area contributed by atoms with Crippen LogP contribution in [0.2, 0.25) is 0 Å². The molecule has 0 radical (unpaired) electrons. The molecule has 1 aromatic carbocycles. The number of nitrogens with one attached hydrogen (secondary N) is 1. The molecule has 0 aliphatic rings. The van der Waals surface area contributed by atoms with Crippen molar-refractivity contribution < 1.29 is 4.74 Å². The van der Waals surface area contributed by atoms with Crippen LogP contribution < -0.4 is 10.1 Å². The summed E-state index contributed by atoms with van der Waals surface area (Å²) in [4.78, 5) is 2.43. The van der Waals surface area contributed by atoms with Crippen molar-refractivity contribution in [1.29, 1.82) is 0 Å². The van der Waals surface area contributed by atoms with E-state index < -0.39 is 0 Å². The fourth-order valence-electron chi connectivity index (χ4n) is 2.27. The maximum atomic E-state index is 5.42. The molecule has 108 valence electrons. The Bertz CT molecular complexity index is 368. The molecule has 1 rings (SSSR count). The van der Waals surface area contributed by atoms with Crippen LogP contribution in [-0.2, 0) is 6.42 Å². The van der Waals surface area contributed by atoms with Gasteiger partial charge >= 0.3 is 0 Å². The fraction of sp³-hybridized carbons (Fsp3) is 0.625. The predicted octanol–water partition coefficient (Wildman–Crippen LogP) is 2.56. The molecule has 0 bridgehead atoms. The fourth-order valence-corrected chi connectivity index (χ4v) is 2.27. The Labute approximate surface area is 118 Å². The van der Waals surface area contributed by atoms with Crippen LogP contribution in [0.15, 0.2) is 24.3 Å². The molecule has 0 spiro atoms. The van der Waals surface area contributed by atoms with E-state index in [4.69, 9.17) is 4.74 Å². The Morgan fingerprint density at radius 1 is 1.21 bits per heavy atom. The average Bonchev–Trinajstić information content (AvgIpc) is 2.44. The van der Waals surface area contributed by atoms with Gasteiger partial charge in [-0.25, -0.2) is 0 Å². The molecule has 0 aromatic heterocycles. The summed E-state index contributed by atoms with van der Waals surface area (Å²) in [6.45, 7) is 8.74. The minimum absolute atomic E-state index is 0.491. The van der Waals surface area contributed by atoms with Gasteiger partial charge in [0.05, 0.1) is 7.11 Å². The van der Waals surface area contributed by atoms with Crippen molar-refractivity contribution >= 4 is 0 Å². The van der Waals surface area contributed by atoms with E-state index in [1.54, 1.807) is 7.11 Å². The molecule has 2 atom stereocenters. The molecule has 0 saturated heterocycles. The highest BCUT2D eigenvalue weighted by Crippen LogP contribution is 2.20. The van der Waals surface area contributed by atoms with Gasteiger partial charge in [0.25, 0.3) is 0 Å². The highest BCUT2D eigenvalue weighted by molar-refractivity contribution is 5.33. The van der Waals surface area contributed by atoms with Crippen LogP contribution in [0.1, 0.15) is 26.3 Å². The number of ether oxygens (including phenoxy) is 1. The maximum absolute atomic E-state index is 5.42. The van der Waals surface area contributed by atoms with Gasteiger partial charge in [0.2, 0.25) is 0 Å². The van der Waals surface area contributed by atoms with Gasteiger partial charge < -0.3 is 10.1 Å². The Morgan fingerprint density at radius 2 is 1.89 bits per heavy atom. The number of para-hydroxylation sites is 1. The minimum Gasteiger partial charge on any atom is -0.496 e. The van der Waals surface area contributed by atoms with E-state index in [1.807, 2.05) is 12.1 Å². The highest BCUT2D eigenvalue weighted by atomic mass is 16.5. The zero-order valence-electron chi connectivity index (χ0n) is 12.9. The molecule has 0 fully saturated rings. The van der Waals surface area contributed by atoms with E-state index in [0.717, 1.165) is 25.3 Å². The number of methoxy groups -OCH3 is 1. The molecule has 19 heavy (non-hydrogen) atoms. The predicted molar refractivity (Wildman–Crippen MR) is 81.9 cm³/mol. The SMILES string of the molecule is CCNCC(C)N(C)C(C)Cc1ccccc1OC. The summed E-state index contributed by atoms with van der Waals surface area (Å²) in [5.41, 5.74) is 1.28. The molecular weight excluding hydrogens is 236 g/mol. The summed E-state index contributed by atoms with van der Waals surface area (Å²) in [6, 6.07) is 9.30. The first-order valence-electron chi connectivity index (χ1n) is 7.14. The van der Waals surface area contributed by atoms with Crippen LogP contribution >= 0.6 is 0 Å². The molecule has 0 heterocycles. The first-order chi connectivity index (χ1) is 9.10. The Kier molecular flexibility index (Phi) is 6.89. The molecule has 2 unspecified atom stereocenters. The van der Waals surface area contributed by atoms with Crippen molar-refractivity contribution in [3.63, 3.8) is 0 Å². The van der Waals surface area contributed by atoms with Crippen LogP contribution in [0.25, 0.3) is 0 Å². The van der Waals surface area contributed by atoms with Gasteiger partial charge in [0, 0.05) is 18.6 Å². The van der Waals surface area contributed by atoms with Crippen molar-refractivity contribution in [3.8, 4) is 5.75 Å². The van der Waals surface area contributed by atoms with Crippen molar-refractivity contribution in [2.45, 2.75) is 39.3 Å². The lowest BCUT2D eigenvalue weighted by atomic mass is 10.0. The molecular formula is C16H28N2O. The van der Waals surface area contributed by atoms with E-state index in [1.165, 1.54) is 5.56 Å². The van der Waals surface area contributed by atoms with E-state index in [-0.39, 0.29) is 0 Å². The Balaban J connectivity index is 2.60. The van der Waals surface area contributed by atoms with Crippen molar-refractivity contribution in [3.05, 3.63) is 29.8 Å². The van der Waals surface area contributed by atoms with Crippen molar-refractivity contribution in [1.82, 2.24) is 10.2 Å². The second-order valence-corrected chi connectivity index (χ2v) is 5.19. The number of benzene rings is 1. The molecule has 0 aliphatic heterocycles. The highest BCUT2D eigenvalue weighted by Gasteiger charge is 2.17. The standard InChI is InChI=1S/C16H28N2O/c1-6-17-12-14(3)18(4)13(2)11-15-9-7-8-10-16(15)19-5/h7-10,13-14,17H,6,11-12H2,1-5H3. The lowest BCUT2D eigenvalue weighted by Gasteiger charge is -2.31. The normalized spacial score (nSPS) is 14.4. The number of likely N-dealkylation sites (N-methyl/N-ethyl adjacent to an activating group) is 2. The van der Waals surface area contributed by atoms with Gasteiger partial charge in [-0.15, -0.1) is 0 Å². The average molecular weight is 264 g/mol. The van der Waals surface area contributed by atoms with Crippen LogP contribution in [-0.4, -0.2) is 44.2 Å². The van der Waals surface area contributed by atoms with Gasteiger partial charge in [-0.05, 0) is 45.5 Å². The van der Waals surface area contributed by atoms with Crippen LogP contribution in [0.4, 0.5) is 0 Å². The van der Waals surface area contributed by atoms with E-state index in [9.17, 15) is 0 Å². The molecule has 1 aromatic rings. The lowest BCUT2D eigenvalue weighted by molar-refractivity contribution is 0.190. The third kappa shape index (κ3) is 4.84. The van der Waals surface area contributed by atoms with Crippen molar-refractivity contribution in [2.24, 2.45) is 0 Å². The van der Waals surface area contributed by atoms with Crippen LogP contribution in [0, 0.1) is 0 Å². The first kappa shape index (κ1) is 16.0. The molecule has 0 amide bonds. The number of rotatable bonds is 8. The summed E-state index contributed by atoms with van der Waals surface area (Å²) in [6.07, 6.45) is 1.01. The molecule has 3 heteroatoms. The monoisotopic (exact) mass is 264 g/mol. The summed E-state index contributed by atoms with van der Waals surface area (Å²) < 4.78 is 5.42. The summed E-state index contributed by atoms with van der Waals surface area (Å²) >= 11 is 0. The minimum atomic E-state index is 0.491. The largest absolute Gasteiger partial charge is 0.496 e. The van der Waals surface area contributed by atoms with Gasteiger partial charge in [-0.3, -0.25) is 4.90 Å². The van der Waals surface area contributed by atoms with E-state index in [0.29, 0.717) is 12.1 Å². The zero-order valence-corrected chi connectivity index (χ0v) is 12.9. The summed E-state index contributed by atoms with van der Waals surface area (Å²) in [5.74, 6) is 0.988. The van der Waals surface area contributed by atoms with Gasteiger partial charge in [-0.1, -0.05) is 25.1 Å². The Morgan fingerprint density at radius 3 is 2.53 bits per heavy atom. The van der Waals surface area contributed by atoms with Crippen LogP contribution in [0.3, 0.4) is 0 Å². The number of nitrogens with zero attached hydrogens (tertiary/aromatic N) is 1. The molecule has 0 aliphatic carbocycles. The quantitative estimate of drug-likeness (QED) is 0.781. The third-order valence-corrected chi connectivity index (χ3v) is 3.79. The van der Waals surface area contributed by atoms with Gasteiger partial charge in [-0.2, -0.15) is 0 Å².